The van der Waals surface area contributed by atoms with Gasteiger partial charge in [-0.15, -0.1) is 0 Å². The maximum atomic E-state index is 12.3. The number of piperidine rings is 1. The third kappa shape index (κ3) is 4.57. The lowest BCUT2D eigenvalue weighted by Crippen LogP contribution is -2.28. The number of benzene rings is 1. The van der Waals surface area contributed by atoms with Crippen molar-refractivity contribution in [1.82, 2.24) is 10.2 Å². The Labute approximate surface area is 143 Å². The minimum absolute atomic E-state index is 0.0622. The summed E-state index contributed by atoms with van der Waals surface area (Å²) in [7, 11) is 0. The molecule has 3 rings (SSSR count). The van der Waals surface area contributed by atoms with E-state index in [9.17, 15) is 9.59 Å². The van der Waals surface area contributed by atoms with E-state index < -0.39 is 0 Å². The monoisotopic (exact) mass is 329 g/mol. The van der Waals surface area contributed by atoms with Crippen LogP contribution < -0.4 is 10.6 Å². The minimum Gasteiger partial charge on any atom is -0.339 e. The summed E-state index contributed by atoms with van der Waals surface area (Å²) in [6.07, 6.45) is 6.05. The molecule has 24 heavy (non-hydrogen) atoms. The Morgan fingerprint density at radius 3 is 2.42 bits per heavy atom. The number of nitrogens with one attached hydrogen (secondary N) is 2. The molecule has 2 amide bonds. The van der Waals surface area contributed by atoms with Gasteiger partial charge in [-0.05, 0) is 75.4 Å². The molecule has 2 aliphatic rings. The molecule has 2 saturated heterocycles. The molecular formula is C19H27N3O2. The zero-order valence-electron chi connectivity index (χ0n) is 14.2. The molecule has 0 bridgehead atoms. The molecule has 2 N–H and O–H groups in total. The maximum absolute atomic E-state index is 12.3. The minimum atomic E-state index is 0.0622. The van der Waals surface area contributed by atoms with Crippen LogP contribution in [0.2, 0.25) is 0 Å². The van der Waals surface area contributed by atoms with Gasteiger partial charge in [0, 0.05) is 30.8 Å². The molecule has 5 heteroatoms. The molecular weight excluding hydrogens is 302 g/mol. The molecule has 0 aromatic heterocycles. The lowest BCUT2D eigenvalue weighted by molar-refractivity contribution is -0.116. The van der Waals surface area contributed by atoms with Gasteiger partial charge in [-0.2, -0.15) is 0 Å². The summed E-state index contributed by atoms with van der Waals surface area (Å²) in [5.41, 5.74) is 1.47. The highest BCUT2D eigenvalue weighted by atomic mass is 16.2. The van der Waals surface area contributed by atoms with E-state index in [0.717, 1.165) is 51.1 Å². The van der Waals surface area contributed by atoms with E-state index in [1.165, 1.54) is 12.8 Å². The van der Waals surface area contributed by atoms with Crippen LogP contribution in [0.4, 0.5) is 5.69 Å². The third-order valence-electron chi connectivity index (χ3n) is 5.05. The molecule has 2 fully saturated rings. The number of likely N-dealkylation sites (tertiary alicyclic amines) is 1. The standard InChI is InChI=1S/C19H27N3O2/c23-18(8-3-15-9-11-20-12-10-15)21-17-6-4-16(5-7-17)19(24)22-13-1-2-14-22/h4-7,15,20H,1-3,8-14H2,(H,21,23). The van der Waals surface area contributed by atoms with Crippen LogP contribution in [0.25, 0.3) is 0 Å². The molecule has 130 valence electrons. The summed E-state index contributed by atoms with van der Waals surface area (Å²) < 4.78 is 0. The highest BCUT2D eigenvalue weighted by Gasteiger charge is 2.19. The fourth-order valence-corrected chi connectivity index (χ4v) is 3.53. The second kappa shape index (κ2) is 8.29. The van der Waals surface area contributed by atoms with Gasteiger partial charge < -0.3 is 15.5 Å². The largest absolute Gasteiger partial charge is 0.339 e. The Morgan fingerprint density at radius 1 is 1.08 bits per heavy atom. The first-order valence-corrected chi connectivity index (χ1v) is 9.12. The van der Waals surface area contributed by atoms with Crippen molar-refractivity contribution in [2.75, 3.05) is 31.5 Å². The Morgan fingerprint density at radius 2 is 1.75 bits per heavy atom. The van der Waals surface area contributed by atoms with Crippen molar-refractivity contribution in [2.24, 2.45) is 5.92 Å². The normalized spacial score (nSPS) is 18.6. The van der Waals surface area contributed by atoms with Gasteiger partial charge >= 0.3 is 0 Å². The van der Waals surface area contributed by atoms with E-state index in [1.807, 2.05) is 29.2 Å². The van der Waals surface area contributed by atoms with E-state index >= 15 is 0 Å². The maximum Gasteiger partial charge on any atom is 0.253 e. The quantitative estimate of drug-likeness (QED) is 0.873. The van der Waals surface area contributed by atoms with Crippen molar-refractivity contribution in [2.45, 2.75) is 38.5 Å². The molecule has 1 aromatic carbocycles. The van der Waals surface area contributed by atoms with Crippen LogP contribution in [-0.4, -0.2) is 42.9 Å². The molecule has 5 nitrogen and oxygen atoms in total. The van der Waals surface area contributed by atoms with E-state index in [0.29, 0.717) is 17.9 Å². The fourth-order valence-electron chi connectivity index (χ4n) is 3.53. The van der Waals surface area contributed by atoms with Crippen LogP contribution in [0.5, 0.6) is 0 Å². The van der Waals surface area contributed by atoms with E-state index in [-0.39, 0.29) is 11.8 Å². The first kappa shape index (κ1) is 17.0. The number of carbonyl (C=O) groups excluding carboxylic acids is 2. The Hall–Kier alpha value is -1.88. The van der Waals surface area contributed by atoms with Crippen molar-refractivity contribution in [3.05, 3.63) is 29.8 Å². The van der Waals surface area contributed by atoms with Crippen molar-refractivity contribution < 1.29 is 9.59 Å². The molecule has 0 atom stereocenters. The van der Waals surface area contributed by atoms with Gasteiger partial charge in [-0.1, -0.05) is 0 Å². The number of amides is 2. The Kier molecular flexibility index (Phi) is 5.86. The molecule has 0 saturated carbocycles. The molecule has 0 spiro atoms. The van der Waals surface area contributed by atoms with Crippen LogP contribution >= 0.6 is 0 Å². The van der Waals surface area contributed by atoms with E-state index in [1.54, 1.807) is 0 Å². The number of rotatable bonds is 5. The third-order valence-corrected chi connectivity index (χ3v) is 5.05. The molecule has 1 aromatic rings. The second-order valence-corrected chi connectivity index (χ2v) is 6.86. The van der Waals surface area contributed by atoms with Gasteiger partial charge in [0.2, 0.25) is 5.91 Å². The van der Waals surface area contributed by atoms with Crippen molar-refractivity contribution in [3.8, 4) is 0 Å². The average molecular weight is 329 g/mol. The first-order chi connectivity index (χ1) is 11.7. The van der Waals surface area contributed by atoms with Crippen LogP contribution in [-0.2, 0) is 4.79 Å². The van der Waals surface area contributed by atoms with E-state index in [2.05, 4.69) is 10.6 Å². The Balaban J connectivity index is 1.46. The van der Waals surface area contributed by atoms with Crippen LogP contribution in [0, 0.1) is 5.92 Å². The van der Waals surface area contributed by atoms with Gasteiger partial charge in [-0.25, -0.2) is 0 Å². The summed E-state index contributed by atoms with van der Waals surface area (Å²) in [6, 6.07) is 7.27. The van der Waals surface area contributed by atoms with Crippen LogP contribution in [0.15, 0.2) is 24.3 Å². The van der Waals surface area contributed by atoms with Gasteiger partial charge in [0.15, 0.2) is 0 Å². The first-order valence-electron chi connectivity index (χ1n) is 9.12. The summed E-state index contributed by atoms with van der Waals surface area (Å²) >= 11 is 0. The lowest BCUT2D eigenvalue weighted by atomic mass is 9.93. The number of anilines is 1. The van der Waals surface area contributed by atoms with Crippen LogP contribution in [0.1, 0.15) is 48.9 Å². The number of carbonyl (C=O) groups is 2. The molecule has 0 unspecified atom stereocenters. The highest BCUT2D eigenvalue weighted by molar-refractivity contribution is 5.96. The van der Waals surface area contributed by atoms with Gasteiger partial charge in [-0.3, -0.25) is 9.59 Å². The SMILES string of the molecule is O=C(CCC1CCNCC1)Nc1ccc(C(=O)N2CCCC2)cc1. The topological polar surface area (TPSA) is 61.4 Å². The fraction of sp³-hybridized carbons (Fsp3) is 0.579. The zero-order valence-corrected chi connectivity index (χ0v) is 14.2. The van der Waals surface area contributed by atoms with Gasteiger partial charge in [0.25, 0.3) is 5.91 Å². The van der Waals surface area contributed by atoms with Gasteiger partial charge in [0.05, 0.1) is 0 Å². The van der Waals surface area contributed by atoms with Crippen molar-refractivity contribution >= 4 is 17.5 Å². The number of hydrogen-bond donors (Lipinski definition) is 2. The number of hydrogen-bond acceptors (Lipinski definition) is 3. The van der Waals surface area contributed by atoms with Crippen molar-refractivity contribution in [1.29, 1.82) is 0 Å². The van der Waals surface area contributed by atoms with Crippen LogP contribution in [0.3, 0.4) is 0 Å². The summed E-state index contributed by atoms with van der Waals surface area (Å²) in [5.74, 6) is 0.820. The van der Waals surface area contributed by atoms with Gasteiger partial charge in [0.1, 0.15) is 0 Å². The Bertz CT molecular complexity index is 558. The number of nitrogens with zero attached hydrogens (tertiary/aromatic N) is 1. The van der Waals surface area contributed by atoms with Crippen molar-refractivity contribution in [3.63, 3.8) is 0 Å². The molecule has 0 radical (unpaired) electrons. The second-order valence-electron chi connectivity index (χ2n) is 6.86. The smallest absolute Gasteiger partial charge is 0.253 e. The predicted octanol–water partition coefficient (Wildman–Crippen LogP) is 2.64. The molecule has 2 heterocycles. The summed E-state index contributed by atoms with van der Waals surface area (Å²) in [5, 5.41) is 6.28. The average Bonchev–Trinajstić information content (AvgIpc) is 3.16. The molecule has 0 aliphatic carbocycles. The highest BCUT2D eigenvalue weighted by Crippen LogP contribution is 2.19. The lowest BCUT2D eigenvalue weighted by Gasteiger charge is -2.22. The van der Waals surface area contributed by atoms with E-state index in [4.69, 9.17) is 0 Å². The summed E-state index contributed by atoms with van der Waals surface area (Å²) in [6.45, 7) is 3.85. The summed E-state index contributed by atoms with van der Waals surface area (Å²) in [4.78, 5) is 26.3. The molecule has 2 aliphatic heterocycles. The predicted molar refractivity (Wildman–Crippen MR) is 95.0 cm³/mol. The zero-order chi connectivity index (χ0) is 16.8.